The number of aromatic nitrogens is 1. The van der Waals surface area contributed by atoms with Crippen LogP contribution in [0.25, 0.3) is 21.8 Å². The third kappa shape index (κ3) is 4.63. The summed E-state index contributed by atoms with van der Waals surface area (Å²) in [5, 5.41) is 7.70. The second-order valence-electron chi connectivity index (χ2n) is 9.26. The van der Waals surface area contributed by atoms with Crippen LogP contribution >= 0.6 is 11.3 Å². The molecule has 0 N–H and O–H groups in total. The Kier molecular flexibility index (Phi) is 6.83. The molecule has 0 atom stereocenters. The van der Waals surface area contributed by atoms with Gasteiger partial charge < -0.3 is 9.40 Å². The van der Waals surface area contributed by atoms with Crippen molar-refractivity contribution in [3.05, 3.63) is 69.9 Å². The van der Waals surface area contributed by atoms with E-state index in [0.29, 0.717) is 5.56 Å². The zero-order chi connectivity index (χ0) is 25.2. The number of thiophene rings is 1. The summed E-state index contributed by atoms with van der Waals surface area (Å²) >= 11 is 1.51. The van der Waals surface area contributed by atoms with Gasteiger partial charge in [0, 0.05) is 63.6 Å². The first kappa shape index (κ1) is 24.1. The van der Waals surface area contributed by atoms with Crippen molar-refractivity contribution < 1.29 is 19.2 Å². The Morgan fingerprint density at radius 1 is 1.00 bits per heavy atom. The normalized spacial score (nSPS) is 14.6. The smallest absolute Gasteiger partial charge is 0.331 e. The summed E-state index contributed by atoms with van der Waals surface area (Å²) < 4.78 is 2.20. The lowest BCUT2D eigenvalue weighted by molar-refractivity contribution is -0.140. The van der Waals surface area contributed by atoms with E-state index in [1.165, 1.54) is 18.3 Å². The monoisotopic (exact) mass is 500 g/mol. The number of nitrogens with zero attached hydrogens (tertiary/aromatic N) is 2. The summed E-state index contributed by atoms with van der Waals surface area (Å²) in [6.45, 7) is 4.11. The number of hydrogen-bond donors (Lipinski definition) is 0. The molecule has 2 heterocycles. The Morgan fingerprint density at radius 2 is 1.67 bits per heavy atom. The number of aryl methyl sites for hydroxylation is 1. The Morgan fingerprint density at radius 3 is 2.28 bits per heavy atom. The standard InChI is InChI=1S/C29H28N2O4S/c1-3-31-26-12-10-20(28(33)19-7-4-5-8-19)15-23(26)24-16-21(11-13-27(24)31)29(34)25(30-35-18(2)32)17-22-9-6-14-36-22/h6,9-16,19H,3-5,7-8,17H2,1-2H3. The highest BCUT2D eigenvalue weighted by Gasteiger charge is 2.25. The predicted octanol–water partition coefficient (Wildman–Crippen LogP) is 6.59. The maximum Gasteiger partial charge on any atom is 0.331 e. The number of ketones is 2. The molecule has 6 nitrogen and oxygen atoms in total. The van der Waals surface area contributed by atoms with Gasteiger partial charge in [-0.1, -0.05) is 24.1 Å². The molecule has 184 valence electrons. The van der Waals surface area contributed by atoms with E-state index in [1.54, 1.807) is 6.07 Å². The van der Waals surface area contributed by atoms with E-state index in [9.17, 15) is 14.4 Å². The number of hydrogen-bond acceptors (Lipinski definition) is 6. The van der Waals surface area contributed by atoms with E-state index in [1.807, 2.05) is 47.8 Å². The highest BCUT2D eigenvalue weighted by molar-refractivity contribution is 7.10. The van der Waals surface area contributed by atoms with Crippen molar-refractivity contribution >= 4 is 56.4 Å². The Bertz CT molecular complexity index is 1490. The van der Waals surface area contributed by atoms with Gasteiger partial charge in [0.1, 0.15) is 5.71 Å². The number of rotatable bonds is 8. The number of carbonyl (C=O) groups excluding carboxylic acids is 3. The van der Waals surface area contributed by atoms with E-state index in [2.05, 4.69) is 16.6 Å². The van der Waals surface area contributed by atoms with Crippen molar-refractivity contribution in [2.75, 3.05) is 0 Å². The van der Waals surface area contributed by atoms with E-state index < -0.39 is 5.97 Å². The van der Waals surface area contributed by atoms with E-state index >= 15 is 0 Å². The van der Waals surface area contributed by atoms with E-state index in [4.69, 9.17) is 4.84 Å². The number of benzene rings is 2. The van der Waals surface area contributed by atoms with Crippen LogP contribution in [-0.4, -0.2) is 27.8 Å². The van der Waals surface area contributed by atoms with Gasteiger partial charge in [-0.3, -0.25) is 9.59 Å². The molecule has 2 aromatic carbocycles. The lowest BCUT2D eigenvalue weighted by Crippen LogP contribution is -2.18. The molecule has 7 heteroatoms. The Balaban J connectivity index is 1.58. The topological polar surface area (TPSA) is 77.7 Å². The second kappa shape index (κ2) is 10.2. The van der Waals surface area contributed by atoms with Gasteiger partial charge in [-0.2, -0.15) is 0 Å². The minimum Gasteiger partial charge on any atom is -0.341 e. The molecule has 0 amide bonds. The van der Waals surface area contributed by atoms with Crippen LogP contribution in [0.4, 0.5) is 0 Å². The number of carbonyl (C=O) groups is 3. The van der Waals surface area contributed by atoms with Gasteiger partial charge in [0.25, 0.3) is 0 Å². The quantitative estimate of drug-likeness (QED) is 0.118. The molecule has 0 spiro atoms. The molecule has 36 heavy (non-hydrogen) atoms. The zero-order valence-electron chi connectivity index (χ0n) is 20.5. The predicted molar refractivity (Wildman–Crippen MR) is 143 cm³/mol. The van der Waals surface area contributed by atoms with Crippen LogP contribution in [0.1, 0.15) is 65.1 Å². The average Bonchev–Trinajstić information content (AvgIpc) is 3.65. The lowest BCUT2D eigenvalue weighted by Gasteiger charge is -2.08. The number of fused-ring (bicyclic) bond motifs is 3. The molecule has 0 saturated heterocycles. The van der Waals surface area contributed by atoms with Crippen LogP contribution in [0.15, 0.2) is 59.1 Å². The fourth-order valence-corrected chi connectivity index (χ4v) is 5.89. The number of oxime groups is 1. The highest BCUT2D eigenvalue weighted by Crippen LogP contribution is 2.33. The first-order valence-electron chi connectivity index (χ1n) is 12.4. The highest BCUT2D eigenvalue weighted by atomic mass is 32.1. The van der Waals surface area contributed by atoms with Gasteiger partial charge in [0.05, 0.1) is 0 Å². The van der Waals surface area contributed by atoms with Crippen molar-refractivity contribution in [2.45, 2.75) is 52.5 Å². The SMILES string of the molecule is CCn1c2ccc(C(=O)C(Cc3cccs3)=NOC(C)=O)cc2c2cc(C(=O)C3CCCC3)ccc21. The van der Waals surface area contributed by atoms with Crippen molar-refractivity contribution in [3.8, 4) is 0 Å². The summed E-state index contributed by atoms with van der Waals surface area (Å²) in [4.78, 5) is 43.8. The van der Waals surface area contributed by atoms with Crippen LogP contribution in [0, 0.1) is 5.92 Å². The number of Topliss-reactive ketones (excluding diaryl/α,β-unsaturated/α-hetero) is 2. The molecule has 1 aliphatic rings. The molecular formula is C29H28N2O4S. The molecule has 0 radical (unpaired) electrons. The molecule has 5 rings (SSSR count). The average molecular weight is 501 g/mol. The molecule has 0 bridgehead atoms. The van der Waals surface area contributed by atoms with Crippen LogP contribution in [-0.2, 0) is 22.6 Å². The van der Waals surface area contributed by atoms with E-state index in [-0.39, 0.29) is 29.6 Å². The largest absolute Gasteiger partial charge is 0.341 e. The molecule has 1 aliphatic carbocycles. The first-order chi connectivity index (χ1) is 17.5. The minimum absolute atomic E-state index is 0.108. The second-order valence-corrected chi connectivity index (χ2v) is 10.3. The van der Waals surface area contributed by atoms with Gasteiger partial charge in [-0.25, -0.2) is 4.79 Å². The molecule has 1 saturated carbocycles. The van der Waals surface area contributed by atoms with Gasteiger partial charge in [-0.05, 0) is 67.6 Å². The minimum atomic E-state index is -0.576. The lowest BCUT2D eigenvalue weighted by atomic mass is 9.95. The first-order valence-corrected chi connectivity index (χ1v) is 13.3. The molecule has 2 aromatic heterocycles. The van der Waals surface area contributed by atoms with Crippen LogP contribution in [0.3, 0.4) is 0 Å². The van der Waals surface area contributed by atoms with Crippen LogP contribution in [0.5, 0.6) is 0 Å². The van der Waals surface area contributed by atoms with Gasteiger partial charge in [0.15, 0.2) is 5.78 Å². The van der Waals surface area contributed by atoms with Crippen molar-refractivity contribution in [1.82, 2.24) is 4.57 Å². The Hall–Kier alpha value is -3.58. The van der Waals surface area contributed by atoms with E-state index in [0.717, 1.165) is 64.5 Å². The molecule has 0 aliphatic heterocycles. The molecular weight excluding hydrogens is 472 g/mol. The summed E-state index contributed by atoms with van der Waals surface area (Å²) in [6, 6.07) is 15.4. The summed E-state index contributed by atoms with van der Waals surface area (Å²) in [5.74, 6) is -0.545. The van der Waals surface area contributed by atoms with Crippen LogP contribution < -0.4 is 0 Å². The molecule has 0 unspecified atom stereocenters. The molecule has 4 aromatic rings. The van der Waals surface area contributed by atoms with Crippen molar-refractivity contribution in [1.29, 1.82) is 0 Å². The van der Waals surface area contributed by atoms with Crippen molar-refractivity contribution in [3.63, 3.8) is 0 Å². The fraction of sp³-hybridized carbons (Fsp3) is 0.310. The van der Waals surface area contributed by atoms with Crippen LogP contribution in [0.2, 0.25) is 0 Å². The molecule has 1 fully saturated rings. The van der Waals surface area contributed by atoms with Gasteiger partial charge in [0.2, 0.25) is 5.78 Å². The maximum absolute atomic E-state index is 13.5. The summed E-state index contributed by atoms with van der Waals surface area (Å²) in [6.07, 6.45) is 4.42. The summed E-state index contributed by atoms with van der Waals surface area (Å²) in [7, 11) is 0. The Labute approximate surface area is 213 Å². The zero-order valence-corrected chi connectivity index (χ0v) is 21.3. The third-order valence-electron chi connectivity index (χ3n) is 6.92. The fourth-order valence-electron chi connectivity index (χ4n) is 5.18. The maximum atomic E-state index is 13.5. The van der Waals surface area contributed by atoms with Gasteiger partial charge in [-0.15, -0.1) is 11.3 Å². The third-order valence-corrected chi connectivity index (χ3v) is 7.80. The van der Waals surface area contributed by atoms with Gasteiger partial charge >= 0.3 is 5.97 Å². The summed E-state index contributed by atoms with van der Waals surface area (Å²) in [5.41, 5.74) is 3.41. The van der Waals surface area contributed by atoms with Crippen molar-refractivity contribution in [2.24, 2.45) is 11.1 Å².